The van der Waals surface area contributed by atoms with Gasteiger partial charge in [0.15, 0.2) is 0 Å². The molecule has 4 rings (SSSR count). The molecule has 154 valence electrons. The Morgan fingerprint density at radius 1 is 0.800 bits per heavy atom. The van der Waals surface area contributed by atoms with Crippen molar-refractivity contribution in [2.45, 2.75) is 5.54 Å². The Morgan fingerprint density at radius 3 is 1.97 bits per heavy atom. The second-order valence-electron chi connectivity index (χ2n) is 7.41. The zero-order valence-electron chi connectivity index (χ0n) is 16.6. The fraction of sp³-hybridized carbons (Fsp3) is 0.261. The molecule has 2 heterocycles. The van der Waals surface area contributed by atoms with Crippen LogP contribution in [0.25, 0.3) is 6.08 Å². The number of piperazine rings is 1. The first-order chi connectivity index (χ1) is 14.6. The highest BCUT2D eigenvalue weighted by molar-refractivity contribution is 6.22. The highest BCUT2D eigenvalue weighted by Gasteiger charge is 2.56. The van der Waals surface area contributed by atoms with Gasteiger partial charge in [-0.25, -0.2) is 4.79 Å². The van der Waals surface area contributed by atoms with Crippen molar-refractivity contribution in [2.75, 3.05) is 32.7 Å². The molecule has 2 aliphatic heterocycles. The number of barbiturate groups is 1. The minimum Gasteiger partial charge on any atom is -0.297 e. The van der Waals surface area contributed by atoms with Gasteiger partial charge in [0.2, 0.25) is 5.54 Å². The molecule has 7 heteroatoms. The average Bonchev–Trinajstić information content (AvgIpc) is 2.76. The Labute approximate surface area is 175 Å². The van der Waals surface area contributed by atoms with Gasteiger partial charge in [0.1, 0.15) is 0 Å². The van der Waals surface area contributed by atoms with Gasteiger partial charge >= 0.3 is 6.03 Å². The standard InChI is InChI=1S/C23H24N4O3/c28-20-23(19-11-5-2-6-12-19,21(29)25-22(30)24-20)27-16-14-26(15-17-27)13-7-10-18-8-3-1-4-9-18/h1-12H,13-17H2,(H2,24,25,28,29,30). The number of hydrogen-bond acceptors (Lipinski definition) is 5. The van der Waals surface area contributed by atoms with Gasteiger partial charge in [0.25, 0.3) is 11.8 Å². The first kappa shape index (κ1) is 20.0. The quantitative estimate of drug-likeness (QED) is 0.740. The van der Waals surface area contributed by atoms with Gasteiger partial charge in [-0.15, -0.1) is 0 Å². The molecule has 2 aromatic rings. The molecule has 30 heavy (non-hydrogen) atoms. The van der Waals surface area contributed by atoms with Crippen LogP contribution in [0, 0.1) is 0 Å². The minimum atomic E-state index is -1.54. The van der Waals surface area contributed by atoms with E-state index in [4.69, 9.17) is 0 Å². The summed E-state index contributed by atoms with van der Waals surface area (Å²) >= 11 is 0. The summed E-state index contributed by atoms with van der Waals surface area (Å²) in [6.45, 7) is 3.27. The summed E-state index contributed by atoms with van der Waals surface area (Å²) in [7, 11) is 0. The average molecular weight is 404 g/mol. The smallest absolute Gasteiger partial charge is 0.297 e. The van der Waals surface area contributed by atoms with E-state index in [9.17, 15) is 14.4 Å². The van der Waals surface area contributed by atoms with Gasteiger partial charge in [-0.05, 0) is 11.1 Å². The zero-order valence-corrected chi connectivity index (χ0v) is 16.6. The third kappa shape index (κ3) is 3.77. The number of carbonyl (C=O) groups is 3. The maximum atomic E-state index is 13.0. The molecular weight excluding hydrogens is 380 g/mol. The van der Waals surface area contributed by atoms with E-state index in [1.807, 2.05) is 29.2 Å². The van der Waals surface area contributed by atoms with Gasteiger partial charge in [-0.2, -0.15) is 0 Å². The largest absolute Gasteiger partial charge is 0.328 e. The fourth-order valence-corrected chi connectivity index (χ4v) is 4.10. The van der Waals surface area contributed by atoms with Crippen molar-refractivity contribution in [3.05, 3.63) is 77.9 Å². The number of nitrogens with one attached hydrogen (secondary N) is 2. The first-order valence-electron chi connectivity index (χ1n) is 10.0. The number of benzene rings is 2. The maximum Gasteiger partial charge on any atom is 0.328 e. The van der Waals surface area contributed by atoms with Crippen LogP contribution in [0.1, 0.15) is 11.1 Å². The van der Waals surface area contributed by atoms with Crippen LogP contribution in [0.15, 0.2) is 66.7 Å². The lowest BCUT2D eigenvalue weighted by Gasteiger charge is -2.46. The minimum absolute atomic E-state index is 0.531. The van der Waals surface area contributed by atoms with Crippen LogP contribution < -0.4 is 10.6 Å². The van der Waals surface area contributed by atoms with E-state index in [2.05, 4.69) is 39.8 Å². The third-order valence-corrected chi connectivity index (χ3v) is 5.62. The van der Waals surface area contributed by atoms with Gasteiger partial charge in [0.05, 0.1) is 0 Å². The molecule has 0 bridgehead atoms. The molecule has 2 fully saturated rings. The van der Waals surface area contributed by atoms with Crippen molar-refractivity contribution in [1.82, 2.24) is 20.4 Å². The Balaban J connectivity index is 1.49. The van der Waals surface area contributed by atoms with E-state index in [1.165, 1.54) is 0 Å². The molecule has 2 N–H and O–H groups in total. The van der Waals surface area contributed by atoms with Crippen molar-refractivity contribution in [1.29, 1.82) is 0 Å². The number of amides is 4. The summed E-state index contributed by atoms with van der Waals surface area (Å²) in [6.07, 6.45) is 4.21. The molecule has 0 aliphatic carbocycles. The molecule has 0 saturated carbocycles. The molecule has 0 spiro atoms. The van der Waals surface area contributed by atoms with E-state index in [-0.39, 0.29) is 0 Å². The van der Waals surface area contributed by atoms with Crippen molar-refractivity contribution in [3.63, 3.8) is 0 Å². The molecular formula is C23H24N4O3. The molecule has 0 aromatic heterocycles. The second-order valence-corrected chi connectivity index (χ2v) is 7.41. The molecule has 0 atom stereocenters. The number of hydrogen-bond donors (Lipinski definition) is 2. The highest BCUT2D eigenvalue weighted by Crippen LogP contribution is 2.32. The molecule has 0 radical (unpaired) electrons. The van der Waals surface area contributed by atoms with E-state index in [0.717, 1.165) is 12.1 Å². The molecule has 2 saturated heterocycles. The van der Waals surface area contributed by atoms with Crippen molar-refractivity contribution in [3.8, 4) is 0 Å². The number of rotatable bonds is 5. The molecule has 2 aromatic carbocycles. The summed E-state index contributed by atoms with van der Waals surface area (Å²) in [4.78, 5) is 41.8. The normalized spacial score (nSPS) is 20.2. The van der Waals surface area contributed by atoms with E-state index >= 15 is 0 Å². The third-order valence-electron chi connectivity index (χ3n) is 5.62. The molecule has 0 unspecified atom stereocenters. The lowest BCUT2D eigenvalue weighted by Crippen LogP contribution is -2.72. The van der Waals surface area contributed by atoms with Crippen LogP contribution in [0.4, 0.5) is 4.79 Å². The number of nitrogens with zero attached hydrogens (tertiary/aromatic N) is 2. The van der Waals surface area contributed by atoms with Crippen molar-refractivity contribution < 1.29 is 14.4 Å². The maximum absolute atomic E-state index is 13.0. The summed E-state index contributed by atoms with van der Waals surface area (Å²) in [5.41, 5.74) is 0.172. The predicted octanol–water partition coefficient (Wildman–Crippen LogP) is 1.58. The molecule has 2 aliphatic rings. The first-order valence-corrected chi connectivity index (χ1v) is 10.0. The summed E-state index contributed by atoms with van der Waals surface area (Å²) in [6, 6.07) is 18.3. The lowest BCUT2D eigenvalue weighted by atomic mass is 9.84. The Bertz CT molecular complexity index is 931. The predicted molar refractivity (Wildman–Crippen MR) is 113 cm³/mol. The number of urea groups is 1. The van der Waals surface area contributed by atoms with Gasteiger partial charge < -0.3 is 0 Å². The van der Waals surface area contributed by atoms with Crippen LogP contribution in [0.5, 0.6) is 0 Å². The Hall–Kier alpha value is -3.29. The van der Waals surface area contributed by atoms with Gasteiger partial charge in [-0.3, -0.25) is 30.0 Å². The van der Waals surface area contributed by atoms with Crippen LogP contribution >= 0.6 is 0 Å². The topological polar surface area (TPSA) is 81.8 Å². The highest BCUT2D eigenvalue weighted by atomic mass is 16.2. The van der Waals surface area contributed by atoms with Crippen LogP contribution in [0.3, 0.4) is 0 Å². The number of imide groups is 2. The SMILES string of the molecule is O=C1NC(=O)C(c2ccccc2)(N2CCN(CC=Cc3ccccc3)CC2)C(=O)N1. The fourth-order valence-electron chi connectivity index (χ4n) is 4.10. The summed E-state index contributed by atoms with van der Waals surface area (Å²) in [5.74, 6) is -1.19. The van der Waals surface area contributed by atoms with Crippen LogP contribution in [-0.2, 0) is 15.1 Å². The monoisotopic (exact) mass is 404 g/mol. The Kier molecular flexibility index (Phi) is 5.74. The van der Waals surface area contributed by atoms with Crippen LogP contribution in [0.2, 0.25) is 0 Å². The summed E-state index contributed by atoms with van der Waals surface area (Å²) in [5, 5.41) is 4.57. The van der Waals surface area contributed by atoms with Crippen LogP contribution in [-0.4, -0.2) is 60.4 Å². The Morgan fingerprint density at radius 2 is 1.37 bits per heavy atom. The van der Waals surface area contributed by atoms with Crippen molar-refractivity contribution in [2.24, 2.45) is 0 Å². The van der Waals surface area contributed by atoms with Crippen molar-refractivity contribution >= 4 is 23.9 Å². The van der Waals surface area contributed by atoms with Gasteiger partial charge in [-0.1, -0.05) is 72.8 Å². The summed E-state index contributed by atoms with van der Waals surface area (Å²) < 4.78 is 0. The van der Waals surface area contributed by atoms with Gasteiger partial charge in [0, 0.05) is 32.7 Å². The lowest BCUT2D eigenvalue weighted by molar-refractivity contribution is -0.150. The van der Waals surface area contributed by atoms with E-state index < -0.39 is 23.4 Å². The second kappa shape index (κ2) is 8.61. The van der Waals surface area contributed by atoms with E-state index in [1.54, 1.807) is 24.3 Å². The number of carbonyl (C=O) groups excluding carboxylic acids is 3. The van der Waals surface area contributed by atoms with E-state index in [0.29, 0.717) is 31.7 Å². The molecule has 4 amide bonds. The molecule has 7 nitrogen and oxygen atoms in total. The zero-order chi connectivity index (χ0) is 21.0.